The maximum atomic E-state index is 12.7. The fourth-order valence-electron chi connectivity index (χ4n) is 2.51. The smallest absolute Gasteiger partial charge is 0.314 e. The van der Waals surface area contributed by atoms with Crippen LogP contribution in [-0.4, -0.2) is 36.4 Å². The van der Waals surface area contributed by atoms with Crippen LogP contribution in [0, 0.1) is 5.82 Å². The van der Waals surface area contributed by atoms with Gasteiger partial charge in [-0.2, -0.15) is 0 Å². The maximum absolute atomic E-state index is 12.7. The highest BCUT2D eigenvalue weighted by Crippen LogP contribution is 2.28. The molecule has 3 N–H and O–H groups in total. The quantitative estimate of drug-likeness (QED) is 0.676. The Kier molecular flexibility index (Phi) is 6.00. The van der Waals surface area contributed by atoms with Gasteiger partial charge >= 0.3 is 6.03 Å². The molecule has 0 aliphatic heterocycles. The van der Waals surface area contributed by atoms with E-state index < -0.39 is 5.60 Å². The lowest BCUT2D eigenvalue weighted by Crippen LogP contribution is -2.45. The summed E-state index contributed by atoms with van der Waals surface area (Å²) in [7, 11) is 0. The molecule has 1 aromatic rings. The molecule has 0 saturated heterocycles. The Morgan fingerprint density at radius 2 is 1.91 bits per heavy atom. The van der Waals surface area contributed by atoms with E-state index in [4.69, 9.17) is 4.74 Å². The lowest BCUT2D eigenvalue weighted by atomic mass is 10.0. The number of nitrogens with one attached hydrogen (secondary N) is 2. The average Bonchev–Trinajstić information content (AvgIpc) is 2.94. The third-order valence-corrected chi connectivity index (χ3v) is 3.80. The van der Waals surface area contributed by atoms with E-state index in [1.165, 1.54) is 12.1 Å². The lowest BCUT2D eigenvalue weighted by Gasteiger charge is -2.22. The van der Waals surface area contributed by atoms with Crippen LogP contribution in [0.15, 0.2) is 24.3 Å². The van der Waals surface area contributed by atoms with Gasteiger partial charge in [0.2, 0.25) is 0 Å². The van der Waals surface area contributed by atoms with Crippen molar-refractivity contribution in [3.63, 3.8) is 0 Å². The third-order valence-electron chi connectivity index (χ3n) is 3.80. The monoisotopic (exact) mass is 310 g/mol. The number of amides is 2. The molecule has 1 aliphatic rings. The second kappa shape index (κ2) is 7.98. The normalized spacial score (nSPS) is 16.3. The molecule has 6 heteroatoms. The number of hydrogen-bond acceptors (Lipinski definition) is 3. The summed E-state index contributed by atoms with van der Waals surface area (Å²) in [6, 6.07) is 5.54. The van der Waals surface area contributed by atoms with Gasteiger partial charge in [0, 0.05) is 13.1 Å². The van der Waals surface area contributed by atoms with Gasteiger partial charge in [-0.05, 0) is 43.5 Å². The minimum atomic E-state index is -0.733. The number of urea groups is 1. The van der Waals surface area contributed by atoms with Crippen molar-refractivity contribution in [3.05, 3.63) is 30.1 Å². The van der Waals surface area contributed by atoms with Crippen LogP contribution in [0.1, 0.15) is 32.1 Å². The molecule has 122 valence electrons. The molecule has 1 aliphatic carbocycles. The number of ether oxygens (including phenoxy) is 1. The molecule has 2 amide bonds. The van der Waals surface area contributed by atoms with E-state index in [2.05, 4.69) is 10.6 Å². The van der Waals surface area contributed by atoms with Crippen LogP contribution in [0.5, 0.6) is 5.75 Å². The molecule has 1 fully saturated rings. The molecule has 0 unspecified atom stereocenters. The van der Waals surface area contributed by atoms with E-state index in [0.717, 1.165) is 25.7 Å². The van der Waals surface area contributed by atoms with Gasteiger partial charge in [-0.3, -0.25) is 0 Å². The summed E-state index contributed by atoms with van der Waals surface area (Å²) in [4.78, 5) is 11.6. The molecule has 5 nitrogen and oxygen atoms in total. The zero-order valence-corrected chi connectivity index (χ0v) is 12.6. The van der Waals surface area contributed by atoms with Gasteiger partial charge in [-0.15, -0.1) is 0 Å². The number of halogens is 1. The number of hydrogen-bond donors (Lipinski definition) is 3. The van der Waals surface area contributed by atoms with Crippen LogP contribution in [0.2, 0.25) is 0 Å². The Labute approximate surface area is 129 Å². The number of aliphatic hydroxyl groups is 1. The highest BCUT2D eigenvalue weighted by Gasteiger charge is 2.31. The van der Waals surface area contributed by atoms with Gasteiger partial charge in [0.15, 0.2) is 0 Å². The molecule has 2 rings (SSSR count). The van der Waals surface area contributed by atoms with Crippen LogP contribution >= 0.6 is 0 Å². The van der Waals surface area contributed by atoms with Crippen molar-refractivity contribution in [2.45, 2.75) is 37.7 Å². The van der Waals surface area contributed by atoms with Crippen molar-refractivity contribution in [2.24, 2.45) is 0 Å². The van der Waals surface area contributed by atoms with Crippen molar-refractivity contribution in [3.8, 4) is 5.75 Å². The molecule has 0 bridgehead atoms. The predicted molar refractivity (Wildman–Crippen MR) is 81.3 cm³/mol. The van der Waals surface area contributed by atoms with Crippen molar-refractivity contribution in [1.82, 2.24) is 10.6 Å². The van der Waals surface area contributed by atoms with Gasteiger partial charge in [0.25, 0.3) is 0 Å². The Morgan fingerprint density at radius 3 is 2.59 bits per heavy atom. The highest BCUT2D eigenvalue weighted by molar-refractivity contribution is 5.73. The SMILES string of the molecule is O=C(NCCCOc1ccc(F)cc1)NCC1(O)CCCC1. The van der Waals surface area contributed by atoms with Crippen LogP contribution < -0.4 is 15.4 Å². The molecular formula is C16H23FN2O3. The first-order valence-corrected chi connectivity index (χ1v) is 7.70. The Hall–Kier alpha value is -1.82. The molecule has 1 aromatic carbocycles. The summed E-state index contributed by atoms with van der Waals surface area (Å²) < 4.78 is 18.1. The van der Waals surface area contributed by atoms with Crippen LogP contribution in [0.25, 0.3) is 0 Å². The predicted octanol–water partition coefficient (Wildman–Crippen LogP) is 2.20. The lowest BCUT2D eigenvalue weighted by molar-refractivity contribution is 0.0501. The van der Waals surface area contributed by atoms with Crippen LogP contribution in [0.3, 0.4) is 0 Å². The summed E-state index contributed by atoms with van der Waals surface area (Å²) in [6.07, 6.45) is 4.17. The average molecular weight is 310 g/mol. The maximum Gasteiger partial charge on any atom is 0.314 e. The van der Waals surface area contributed by atoms with Crippen molar-refractivity contribution < 1.29 is 19.0 Å². The Bertz CT molecular complexity index is 473. The van der Waals surface area contributed by atoms with E-state index in [9.17, 15) is 14.3 Å². The molecule has 22 heavy (non-hydrogen) atoms. The zero-order chi connectivity index (χ0) is 15.8. The zero-order valence-electron chi connectivity index (χ0n) is 12.6. The number of rotatable bonds is 7. The van der Waals surface area contributed by atoms with Crippen LogP contribution in [-0.2, 0) is 0 Å². The van der Waals surface area contributed by atoms with Crippen molar-refractivity contribution in [1.29, 1.82) is 0 Å². The van der Waals surface area contributed by atoms with E-state index >= 15 is 0 Å². The Morgan fingerprint density at radius 1 is 1.23 bits per heavy atom. The van der Waals surface area contributed by atoms with E-state index in [1.54, 1.807) is 12.1 Å². The fourth-order valence-corrected chi connectivity index (χ4v) is 2.51. The first-order valence-electron chi connectivity index (χ1n) is 7.70. The largest absolute Gasteiger partial charge is 0.494 e. The van der Waals surface area contributed by atoms with Gasteiger partial charge < -0.3 is 20.5 Å². The number of carbonyl (C=O) groups excluding carboxylic acids is 1. The van der Waals surface area contributed by atoms with Gasteiger partial charge in [-0.1, -0.05) is 12.8 Å². The van der Waals surface area contributed by atoms with Gasteiger partial charge in [-0.25, -0.2) is 9.18 Å². The van der Waals surface area contributed by atoms with E-state index in [0.29, 0.717) is 31.9 Å². The summed E-state index contributed by atoms with van der Waals surface area (Å²) in [5, 5.41) is 15.5. The number of carbonyl (C=O) groups is 1. The third kappa shape index (κ3) is 5.52. The van der Waals surface area contributed by atoms with Gasteiger partial charge in [0.05, 0.1) is 12.2 Å². The fraction of sp³-hybridized carbons (Fsp3) is 0.562. The standard InChI is InChI=1S/C16H23FN2O3/c17-13-4-6-14(7-5-13)22-11-3-10-18-15(20)19-12-16(21)8-1-2-9-16/h4-7,21H,1-3,8-12H2,(H2,18,19,20). The second-order valence-electron chi connectivity index (χ2n) is 5.70. The molecule has 0 aromatic heterocycles. The highest BCUT2D eigenvalue weighted by atomic mass is 19.1. The van der Waals surface area contributed by atoms with Crippen LogP contribution in [0.4, 0.5) is 9.18 Å². The van der Waals surface area contributed by atoms with Gasteiger partial charge in [0.1, 0.15) is 11.6 Å². The number of benzene rings is 1. The molecule has 0 spiro atoms. The molecule has 1 saturated carbocycles. The summed E-state index contributed by atoms with van der Waals surface area (Å²) in [5.41, 5.74) is -0.733. The molecule has 0 heterocycles. The molecule has 0 radical (unpaired) electrons. The topological polar surface area (TPSA) is 70.6 Å². The van der Waals surface area contributed by atoms with Crippen molar-refractivity contribution >= 4 is 6.03 Å². The van der Waals surface area contributed by atoms with E-state index in [-0.39, 0.29) is 11.8 Å². The second-order valence-corrected chi connectivity index (χ2v) is 5.70. The summed E-state index contributed by atoms with van der Waals surface area (Å²) >= 11 is 0. The first-order chi connectivity index (χ1) is 10.6. The molecule has 0 atom stereocenters. The minimum absolute atomic E-state index is 0.276. The molecular weight excluding hydrogens is 287 g/mol. The minimum Gasteiger partial charge on any atom is -0.494 e. The first kappa shape index (κ1) is 16.5. The summed E-state index contributed by atoms with van der Waals surface area (Å²) in [5.74, 6) is 0.309. The summed E-state index contributed by atoms with van der Waals surface area (Å²) in [6.45, 7) is 1.21. The van der Waals surface area contributed by atoms with E-state index in [1.807, 2.05) is 0 Å². The Balaban J connectivity index is 1.52. The van der Waals surface area contributed by atoms with Crippen molar-refractivity contribution in [2.75, 3.05) is 19.7 Å².